The van der Waals surface area contributed by atoms with Gasteiger partial charge >= 0.3 is 0 Å². The number of hydrogen-bond acceptors (Lipinski definition) is 7. The minimum atomic E-state index is 0.0306. The number of thiazole rings is 1. The van der Waals surface area contributed by atoms with E-state index in [2.05, 4.69) is 25.4 Å². The maximum Gasteiger partial charge on any atom is 0.246 e. The summed E-state index contributed by atoms with van der Waals surface area (Å²) in [5, 5.41) is 8.22. The summed E-state index contributed by atoms with van der Waals surface area (Å²) in [4.78, 5) is 28.9. The topological polar surface area (TPSA) is 88.8 Å². The second-order valence-corrected chi connectivity index (χ2v) is 8.31. The Kier molecular flexibility index (Phi) is 5.66. The lowest BCUT2D eigenvalue weighted by Crippen LogP contribution is -2.37. The number of likely N-dealkylation sites (tertiary alicyclic amines) is 1. The molecular formula is C20H23N7OS. The fraction of sp³-hybridized carbons (Fsp3) is 0.350. The first-order chi connectivity index (χ1) is 14.1. The SMILES string of the molecule is Cc1cnc(Nc2nccnc2C2CCN(C(=O)/C=C/c3cnn(C)c3)CC2)s1. The van der Waals surface area contributed by atoms with Gasteiger partial charge in [-0.1, -0.05) is 0 Å². The Bertz CT molecular complexity index is 1020. The van der Waals surface area contributed by atoms with Gasteiger partial charge in [0.05, 0.1) is 11.9 Å². The molecule has 0 aromatic carbocycles. The normalized spacial score (nSPS) is 15.2. The van der Waals surface area contributed by atoms with Crippen LogP contribution in [0.1, 0.15) is 34.9 Å². The summed E-state index contributed by atoms with van der Waals surface area (Å²) in [7, 11) is 1.86. The number of rotatable bonds is 5. The maximum absolute atomic E-state index is 12.5. The van der Waals surface area contributed by atoms with E-state index in [9.17, 15) is 4.79 Å². The molecule has 150 valence electrons. The zero-order valence-electron chi connectivity index (χ0n) is 16.4. The van der Waals surface area contributed by atoms with Crippen molar-refractivity contribution in [2.75, 3.05) is 18.4 Å². The van der Waals surface area contributed by atoms with E-state index in [4.69, 9.17) is 0 Å². The van der Waals surface area contributed by atoms with E-state index < -0.39 is 0 Å². The third-order valence-corrected chi connectivity index (χ3v) is 5.74. The summed E-state index contributed by atoms with van der Waals surface area (Å²) in [6, 6.07) is 0. The number of aromatic nitrogens is 5. The fourth-order valence-electron chi connectivity index (χ4n) is 3.43. The standard InChI is InChI=1S/C20H23N7OS/c1-14-11-23-20(29-14)25-19-18(21-7-8-22-19)16-5-9-27(10-6-16)17(28)4-3-15-12-24-26(2)13-15/h3-4,7-8,11-13,16H,5-6,9-10H2,1-2H3,(H,22,23,25)/b4-3+. The molecule has 0 unspecified atom stereocenters. The molecule has 29 heavy (non-hydrogen) atoms. The molecule has 8 nitrogen and oxygen atoms in total. The molecule has 4 heterocycles. The van der Waals surface area contributed by atoms with Crippen LogP contribution in [0.3, 0.4) is 0 Å². The van der Waals surface area contributed by atoms with E-state index in [1.165, 1.54) is 0 Å². The lowest BCUT2D eigenvalue weighted by atomic mass is 9.93. The number of piperidine rings is 1. The maximum atomic E-state index is 12.5. The van der Waals surface area contributed by atoms with Crippen molar-refractivity contribution in [3.8, 4) is 0 Å². The molecule has 0 radical (unpaired) electrons. The van der Waals surface area contributed by atoms with E-state index in [0.717, 1.165) is 39.9 Å². The highest BCUT2D eigenvalue weighted by molar-refractivity contribution is 7.15. The van der Waals surface area contributed by atoms with Crippen LogP contribution in [0.2, 0.25) is 0 Å². The molecule has 3 aromatic heterocycles. The average molecular weight is 410 g/mol. The van der Waals surface area contributed by atoms with Crippen LogP contribution in [0.15, 0.2) is 37.1 Å². The van der Waals surface area contributed by atoms with Gasteiger partial charge in [-0.2, -0.15) is 5.10 Å². The molecule has 1 saturated heterocycles. The molecule has 4 rings (SSSR count). The van der Waals surface area contributed by atoms with Crippen molar-refractivity contribution in [1.82, 2.24) is 29.6 Å². The number of carbonyl (C=O) groups is 1. The zero-order valence-corrected chi connectivity index (χ0v) is 17.3. The van der Waals surface area contributed by atoms with Gasteiger partial charge in [-0.15, -0.1) is 11.3 Å². The quantitative estimate of drug-likeness (QED) is 0.651. The van der Waals surface area contributed by atoms with Crippen molar-refractivity contribution >= 4 is 34.3 Å². The van der Waals surface area contributed by atoms with Crippen LogP contribution in [-0.2, 0) is 11.8 Å². The Balaban J connectivity index is 1.38. The van der Waals surface area contributed by atoms with Crippen molar-refractivity contribution in [3.05, 3.63) is 53.2 Å². The smallest absolute Gasteiger partial charge is 0.246 e. The van der Waals surface area contributed by atoms with Crippen LogP contribution in [0.25, 0.3) is 6.08 Å². The Morgan fingerprint density at radius 3 is 2.69 bits per heavy atom. The van der Waals surface area contributed by atoms with Gasteiger partial charge in [-0.05, 0) is 25.8 Å². The first-order valence-corrected chi connectivity index (χ1v) is 10.4. The van der Waals surface area contributed by atoms with Crippen LogP contribution < -0.4 is 5.32 Å². The molecule has 3 aromatic rings. The molecule has 0 spiro atoms. The van der Waals surface area contributed by atoms with E-state index in [1.54, 1.807) is 40.7 Å². The highest BCUT2D eigenvalue weighted by Crippen LogP contribution is 2.32. The molecule has 1 aliphatic heterocycles. The van der Waals surface area contributed by atoms with E-state index in [0.29, 0.717) is 13.1 Å². The lowest BCUT2D eigenvalue weighted by Gasteiger charge is -2.31. The van der Waals surface area contributed by atoms with Gasteiger partial charge in [0.2, 0.25) is 5.91 Å². The van der Waals surface area contributed by atoms with E-state index >= 15 is 0 Å². The Labute approximate surface area is 173 Å². The van der Waals surface area contributed by atoms with Crippen molar-refractivity contribution in [2.24, 2.45) is 7.05 Å². The van der Waals surface area contributed by atoms with Gasteiger partial charge in [0.25, 0.3) is 0 Å². The van der Waals surface area contributed by atoms with Gasteiger partial charge in [-0.25, -0.2) is 9.97 Å². The zero-order chi connectivity index (χ0) is 20.2. The highest BCUT2D eigenvalue weighted by atomic mass is 32.1. The van der Waals surface area contributed by atoms with E-state index in [1.807, 2.05) is 37.3 Å². The number of hydrogen-bond donors (Lipinski definition) is 1. The van der Waals surface area contributed by atoms with Crippen molar-refractivity contribution in [1.29, 1.82) is 0 Å². The second-order valence-electron chi connectivity index (χ2n) is 7.07. The summed E-state index contributed by atoms with van der Waals surface area (Å²) >= 11 is 1.59. The largest absolute Gasteiger partial charge is 0.339 e. The van der Waals surface area contributed by atoms with Gasteiger partial charge in [0.1, 0.15) is 0 Å². The third kappa shape index (κ3) is 4.68. The molecule has 1 N–H and O–H groups in total. The predicted molar refractivity (Wildman–Crippen MR) is 113 cm³/mol. The number of nitrogens with one attached hydrogen (secondary N) is 1. The summed E-state index contributed by atoms with van der Waals surface area (Å²) in [6.45, 7) is 3.43. The fourth-order valence-corrected chi connectivity index (χ4v) is 4.09. The van der Waals surface area contributed by atoms with E-state index in [-0.39, 0.29) is 11.8 Å². The summed E-state index contributed by atoms with van der Waals surface area (Å²) in [5.41, 5.74) is 1.86. The lowest BCUT2D eigenvalue weighted by molar-refractivity contribution is -0.126. The van der Waals surface area contributed by atoms with Crippen LogP contribution in [0, 0.1) is 6.92 Å². The van der Waals surface area contributed by atoms with Gasteiger partial charge < -0.3 is 10.2 Å². The molecule has 0 aliphatic carbocycles. The molecular weight excluding hydrogens is 386 g/mol. The number of aryl methyl sites for hydroxylation is 2. The molecule has 0 atom stereocenters. The molecule has 9 heteroatoms. The molecule has 0 bridgehead atoms. The number of anilines is 2. The summed E-state index contributed by atoms with van der Waals surface area (Å²) in [5.74, 6) is 1.05. The van der Waals surface area contributed by atoms with Crippen molar-refractivity contribution in [2.45, 2.75) is 25.7 Å². The average Bonchev–Trinajstić information content (AvgIpc) is 3.34. The summed E-state index contributed by atoms with van der Waals surface area (Å²) < 4.78 is 1.72. The van der Waals surface area contributed by atoms with Crippen LogP contribution in [0.4, 0.5) is 10.9 Å². The van der Waals surface area contributed by atoms with Crippen molar-refractivity contribution in [3.63, 3.8) is 0 Å². The monoisotopic (exact) mass is 409 g/mol. The molecule has 1 fully saturated rings. The highest BCUT2D eigenvalue weighted by Gasteiger charge is 2.26. The second kappa shape index (κ2) is 8.52. The predicted octanol–water partition coefficient (Wildman–Crippen LogP) is 3.14. The first-order valence-electron chi connectivity index (χ1n) is 9.54. The van der Waals surface area contributed by atoms with Crippen LogP contribution >= 0.6 is 11.3 Å². The molecule has 0 saturated carbocycles. The number of amides is 1. The van der Waals surface area contributed by atoms with Gasteiger partial charge in [0, 0.05) is 67.4 Å². The Morgan fingerprint density at radius 2 is 2.00 bits per heavy atom. The van der Waals surface area contributed by atoms with Crippen LogP contribution in [0.5, 0.6) is 0 Å². The van der Waals surface area contributed by atoms with Gasteiger partial charge in [0.15, 0.2) is 10.9 Å². The Morgan fingerprint density at radius 1 is 1.21 bits per heavy atom. The molecule has 1 aliphatic rings. The Hall–Kier alpha value is -3.07. The minimum absolute atomic E-state index is 0.0306. The van der Waals surface area contributed by atoms with Crippen molar-refractivity contribution < 1.29 is 4.79 Å². The number of carbonyl (C=O) groups excluding carboxylic acids is 1. The first kappa shape index (κ1) is 19.3. The van der Waals surface area contributed by atoms with Crippen LogP contribution in [-0.4, -0.2) is 48.6 Å². The number of nitrogens with zero attached hydrogens (tertiary/aromatic N) is 6. The summed E-state index contributed by atoms with van der Waals surface area (Å²) in [6.07, 6.45) is 14.0. The van der Waals surface area contributed by atoms with Gasteiger partial charge in [-0.3, -0.25) is 14.5 Å². The minimum Gasteiger partial charge on any atom is -0.339 e. The molecule has 1 amide bonds. The third-order valence-electron chi connectivity index (χ3n) is 4.91.